The molecule has 1 aromatic carbocycles. The first-order chi connectivity index (χ1) is 8.40. The largest absolute Gasteiger partial charge is 0.462 e. The molecule has 0 radical (unpaired) electrons. The first-order valence-corrected chi connectivity index (χ1v) is 4.99. The topological polar surface area (TPSA) is 113 Å². The first kappa shape index (κ1) is 13.6. The molecule has 0 unspecified atom stereocenters. The summed E-state index contributed by atoms with van der Waals surface area (Å²) in [5.41, 5.74) is -1.69. The number of carbonyl (C=O) groups is 1. The van der Waals surface area contributed by atoms with Gasteiger partial charge >= 0.3 is 5.97 Å². The molecule has 18 heavy (non-hydrogen) atoms. The molecule has 0 aromatic heterocycles. The van der Waals surface area contributed by atoms with Gasteiger partial charge in [0.15, 0.2) is 0 Å². The van der Waals surface area contributed by atoms with E-state index >= 15 is 0 Å². The molecule has 0 aliphatic rings. The lowest BCUT2D eigenvalue weighted by Crippen LogP contribution is -2.12. The van der Waals surface area contributed by atoms with E-state index in [0.29, 0.717) is 0 Å². The smallest absolute Gasteiger partial charge is 0.352 e. The second kappa shape index (κ2) is 5.21. The summed E-state index contributed by atoms with van der Waals surface area (Å²) >= 11 is 0. The second-order valence-electron chi connectivity index (χ2n) is 3.36. The summed E-state index contributed by atoms with van der Waals surface area (Å²) < 4.78 is 4.62. The van der Waals surface area contributed by atoms with E-state index in [4.69, 9.17) is 0 Å². The van der Waals surface area contributed by atoms with E-state index in [1.807, 2.05) is 0 Å². The zero-order chi connectivity index (χ0) is 13.9. The lowest BCUT2D eigenvalue weighted by atomic mass is 10.1. The monoisotopic (exact) mass is 254 g/mol. The van der Waals surface area contributed by atoms with Gasteiger partial charge in [0.25, 0.3) is 11.4 Å². The molecule has 0 saturated heterocycles. The van der Waals surface area contributed by atoms with E-state index in [1.54, 1.807) is 0 Å². The standard InChI is InChI=1S/C10H10N2O6/c1-3-18-10(13)8-7(11(14)15)5-4-6(2)9(8)12(16)17/h4-5H,3H2,1-2H3. The highest BCUT2D eigenvalue weighted by Gasteiger charge is 2.33. The third-order valence-corrected chi connectivity index (χ3v) is 2.22. The van der Waals surface area contributed by atoms with Crippen molar-refractivity contribution in [2.75, 3.05) is 6.61 Å². The maximum Gasteiger partial charge on any atom is 0.352 e. The molecule has 0 aliphatic carbocycles. The van der Waals surface area contributed by atoms with Gasteiger partial charge in [-0.3, -0.25) is 20.2 Å². The number of carbonyl (C=O) groups excluding carboxylic acids is 1. The van der Waals surface area contributed by atoms with E-state index in [9.17, 15) is 25.0 Å². The van der Waals surface area contributed by atoms with E-state index in [2.05, 4.69) is 4.74 Å². The minimum absolute atomic E-state index is 0.0267. The maximum absolute atomic E-state index is 11.6. The molecule has 0 atom stereocenters. The summed E-state index contributed by atoms with van der Waals surface area (Å²) in [6, 6.07) is 2.27. The van der Waals surface area contributed by atoms with Crippen molar-refractivity contribution in [3.05, 3.63) is 43.5 Å². The molecule has 0 amide bonds. The Bertz CT molecular complexity index is 525. The Hall–Kier alpha value is -2.51. The molecule has 0 saturated carbocycles. The van der Waals surface area contributed by atoms with Crippen LogP contribution < -0.4 is 0 Å². The number of rotatable bonds is 4. The number of ether oxygens (including phenoxy) is 1. The number of nitrogens with zero attached hydrogens (tertiary/aromatic N) is 2. The van der Waals surface area contributed by atoms with Gasteiger partial charge in [0.2, 0.25) is 5.56 Å². The van der Waals surface area contributed by atoms with Crippen molar-refractivity contribution in [3.8, 4) is 0 Å². The van der Waals surface area contributed by atoms with Gasteiger partial charge in [0.05, 0.1) is 16.5 Å². The van der Waals surface area contributed by atoms with Crippen LogP contribution in [0.1, 0.15) is 22.8 Å². The fourth-order valence-electron chi connectivity index (χ4n) is 1.48. The van der Waals surface area contributed by atoms with Crippen LogP contribution >= 0.6 is 0 Å². The molecule has 8 nitrogen and oxygen atoms in total. The zero-order valence-corrected chi connectivity index (χ0v) is 9.71. The third kappa shape index (κ3) is 2.42. The first-order valence-electron chi connectivity index (χ1n) is 4.99. The van der Waals surface area contributed by atoms with Crippen LogP contribution in [0.15, 0.2) is 12.1 Å². The van der Waals surface area contributed by atoms with Crippen LogP contribution in [0.3, 0.4) is 0 Å². The maximum atomic E-state index is 11.6. The molecular weight excluding hydrogens is 244 g/mol. The average Bonchev–Trinajstić information content (AvgIpc) is 2.27. The number of nitro benzene ring substituents is 2. The molecule has 1 aromatic rings. The lowest BCUT2D eigenvalue weighted by molar-refractivity contribution is -0.395. The van der Waals surface area contributed by atoms with Crippen LogP contribution in [0.4, 0.5) is 11.4 Å². The summed E-state index contributed by atoms with van der Waals surface area (Å²) in [6.07, 6.45) is 0. The molecule has 0 aliphatic heterocycles. The van der Waals surface area contributed by atoms with Crippen LogP contribution in [0.25, 0.3) is 0 Å². The van der Waals surface area contributed by atoms with Gasteiger partial charge in [-0.2, -0.15) is 0 Å². The highest BCUT2D eigenvalue weighted by Crippen LogP contribution is 2.32. The number of nitro groups is 2. The highest BCUT2D eigenvalue weighted by atomic mass is 16.6. The highest BCUT2D eigenvalue weighted by molar-refractivity contribution is 5.99. The van der Waals surface area contributed by atoms with Crippen molar-refractivity contribution in [1.82, 2.24) is 0 Å². The Morgan fingerprint density at radius 1 is 1.28 bits per heavy atom. The van der Waals surface area contributed by atoms with Crippen molar-refractivity contribution in [2.45, 2.75) is 13.8 Å². The normalized spacial score (nSPS) is 9.89. The van der Waals surface area contributed by atoms with Gasteiger partial charge in [0, 0.05) is 11.6 Å². The van der Waals surface area contributed by atoms with Crippen molar-refractivity contribution in [2.24, 2.45) is 0 Å². The Morgan fingerprint density at radius 3 is 2.33 bits per heavy atom. The number of esters is 1. The SMILES string of the molecule is CCOC(=O)c1c([N+](=O)[O-])ccc(C)c1[N+](=O)[O-]. The molecule has 96 valence electrons. The molecule has 0 fully saturated rings. The van der Waals surface area contributed by atoms with Gasteiger partial charge in [-0.25, -0.2) is 4.79 Å². The lowest BCUT2D eigenvalue weighted by Gasteiger charge is -2.05. The minimum Gasteiger partial charge on any atom is -0.462 e. The van der Waals surface area contributed by atoms with Gasteiger partial charge in [-0.05, 0) is 19.9 Å². The van der Waals surface area contributed by atoms with Gasteiger partial charge < -0.3 is 4.74 Å². The Balaban J connectivity index is 3.58. The summed E-state index contributed by atoms with van der Waals surface area (Å²) in [5.74, 6) is -1.07. The van der Waals surface area contributed by atoms with Gasteiger partial charge in [0.1, 0.15) is 0 Å². The average molecular weight is 254 g/mol. The summed E-state index contributed by atoms with van der Waals surface area (Å²) in [4.78, 5) is 31.6. The molecule has 0 N–H and O–H groups in total. The summed E-state index contributed by atoms with van der Waals surface area (Å²) in [6.45, 7) is 2.87. The fraction of sp³-hybridized carbons (Fsp3) is 0.300. The number of hydrogen-bond acceptors (Lipinski definition) is 6. The van der Waals surface area contributed by atoms with Crippen LogP contribution in [0.2, 0.25) is 0 Å². The minimum atomic E-state index is -1.07. The molecule has 8 heteroatoms. The molecule has 0 heterocycles. The Kier molecular flexibility index (Phi) is 3.93. The van der Waals surface area contributed by atoms with E-state index in [-0.39, 0.29) is 12.2 Å². The van der Waals surface area contributed by atoms with Crippen LogP contribution in [0, 0.1) is 27.2 Å². The van der Waals surface area contributed by atoms with Gasteiger partial charge in [-0.15, -0.1) is 0 Å². The van der Waals surface area contributed by atoms with Crippen LogP contribution in [-0.4, -0.2) is 22.4 Å². The fourth-order valence-corrected chi connectivity index (χ4v) is 1.48. The number of aryl methyl sites for hydroxylation is 1. The van der Waals surface area contributed by atoms with Crippen molar-refractivity contribution in [3.63, 3.8) is 0 Å². The van der Waals surface area contributed by atoms with Crippen molar-refractivity contribution in [1.29, 1.82) is 0 Å². The zero-order valence-electron chi connectivity index (χ0n) is 9.71. The van der Waals surface area contributed by atoms with Gasteiger partial charge in [-0.1, -0.05) is 0 Å². The van der Waals surface area contributed by atoms with Crippen LogP contribution in [-0.2, 0) is 4.74 Å². The van der Waals surface area contributed by atoms with E-state index in [0.717, 1.165) is 6.07 Å². The summed E-state index contributed by atoms with van der Waals surface area (Å²) in [7, 11) is 0. The molecule has 0 bridgehead atoms. The Morgan fingerprint density at radius 2 is 1.89 bits per heavy atom. The van der Waals surface area contributed by atoms with E-state index < -0.39 is 32.8 Å². The van der Waals surface area contributed by atoms with Crippen LogP contribution in [0.5, 0.6) is 0 Å². The predicted octanol–water partition coefficient (Wildman–Crippen LogP) is 1.99. The quantitative estimate of drug-likeness (QED) is 0.461. The number of hydrogen-bond donors (Lipinski definition) is 0. The molecule has 1 rings (SSSR count). The third-order valence-electron chi connectivity index (χ3n) is 2.22. The predicted molar refractivity (Wildman–Crippen MR) is 60.4 cm³/mol. The molecule has 0 spiro atoms. The molecular formula is C10H10N2O6. The summed E-state index contributed by atoms with van der Waals surface area (Å²) in [5, 5.41) is 21.7. The van der Waals surface area contributed by atoms with Crippen molar-refractivity contribution >= 4 is 17.3 Å². The number of benzene rings is 1. The van der Waals surface area contributed by atoms with E-state index in [1.165, 1.54) is 19.9 Å². The second-order valence-corrected chi connectivity index (χ2v) is 3.36. The van der Waals surface area contributed by atoms with Crippen molar-refractivity contribution < 1.29 is 19.4 Å². The Labute approximate surface area is 101 Å².